The normalized spacial score (nSPS) is 11.4. The Bertz CT molecular complexity index is 562. The molecule has 0 bridgehead atoms. The molecule has 0 unspecified atom stereocenters. The first-order valence-corrected chi connectivity index (χ1v) is 4.91. The molecule has 0 radical (unpaired) electrons. The Morgan fingerprint density at radius 1 is 0.895 bits per heavy atom. The summed E-state index contributed by atoms with van der Waals surface area (Å²) in [5.74, 6) is -3.20. The van der Waals surface area contributed by atoms with Gasteiger partial charge in [0.2, 0.25) is 11.6 Å². The molecule has 100 valence electrons. The number of hydrogen-bond acceptors (Lipinski definition) is 3. The van der Waals surface area contributed by atoms with Crippen LogP contribution in [0.5, 0.6) is 11.6 Å². The summed E-state index contributed by atoms with van der Waals surface area (Å²) >= 11 is 0. The van der Waals surface area contributed by atoms with Crippen LogP contribution in [0.3, 0.4) is 0 Å². The van der Waals surface area contributed by atoms with Gasteiger partial charge in [-0.25, -0.2) is 8.78 Å². The molecule has 1 aromatic heterocycles. The smallest absolute Gasteiger partial charge is 0.431 e. The van der Waals surface area contributed by atoms with Crippen molar-refractivity contribution < 1.29 is 26.7 Å². The van der Waals surface area contributed by atoms with Gasteiger partial charge in [0.1, 0.15) is 0 Å². The average molecular weight is 276 g/mol. The van der Waals surface area contributed by atoms with Crippen molar-refractivity contribution in [3.63, 3.8) is 0 Å². The fourth-order valence-electron chi connectivity index (χ4n) is 1.21. The van der Waals surface area contributed by atoms with Crippen LogP contribution < -0.4 is 4.74 Å². The molecule has 3 nitrogen and oxygen atoms in total. The van der Waals surface area contributed by atoms with Crippen molar-refractivity contribution in [2.24, 2.45) is 0 Å². The van der Waals surface area contributed by atoms with Crippen LogP contribution in [0.4, 0.5) is 22.0 Å². The molecule has 0 spiro atoms. The Morgan fingerprint density at radius 2 is 1.53 bits per heavy atom. The van der Waals surface area contributed by atoms with E-state index in [1.54, 1.807) is 0 Å². The van der Waals surface area contributed by atoms with Gasteiger partial charge in [-0.05, 0) is 18.2 Å². The zero-order valence-electron chi connectivity index (χ0n) is 9.08. The quantitative estimate of drug-likeness (QED) is 0.786. The summed E-state index contributed by atoms with van der Waals surface area (Å²) in [5.41, 5.74) is -1.23. The third-order valence-electron chi connectivity index (χ3n) is 2.06. The van der Waals surface area contributed by atoms with E-state index in [4.69, 9.17) is 4.74 Å². The number of alkyl halides is 3. The number of benzene rings is 1. The van der Waals surface area contributed by atoms with Crippen LogP contribution in [0.2, 0.25) is 0 Å². The predicted molar refractivity (Wildman–Crippen MR) is 53.5 cm³/mol. The number of aromatic nitrogens is 2. The van der Waals surface area contributed by atoms with E-state index in [1.165, 1.54) is 0 Å². The summed E-state index contributed by atoms with van der Waals surface area (Å²) in [5, 5.41) is 5.96. The van der Waals surface area contributed by atoms with E-state index in [0.29, 0.717) is 6.07 Å². The molecule has 1 aromatic carbocycles. The van der Waals surface area contributed by atoms with E-state index >= 15 is 0 Å². The Balaban J connectivity index is 2.25. The lowest BCUT2D eigenvalue weighted by molar-refractivity contribution is -0.141. The van der Waals surface area contributed by atoms with Gasteiger partial charge < -0.3 is 4.74 Å². The van der Waals surface area contributed by atoms with Crippen LogP contribution >= 0.6 is 0 Å². The molecule has 0 aliphatic heterocycles. The van der Waals surface area contributed by atoms with Gasteiger partial charge in [-0.1, -0.05) is 6.07 Å². The highest BCUT2D eigenvalue weighted by molar-refractivity contribution is 5.30. The highest BCUT2D eigenvalue weighted by Crippen LogP contribution is 2.29. The number of rotatable bonds is 2. The zero-order chi connectivity index (χ0) is 14.0. The van der Waals surface area contributed by atoms with Gasteiger partial charge in [0, 0.05) is 6.07 Å². The fraction of sp³-hybridized carbons (Fsp3) is 0.0909. The van der Waals surface area contributed by atoms with Crippen molar-refractivity contribution in [3.05, 3.63) is 47.7 Å². The predicted octanol–water partition coefficient (Wildman–Crippen LogP) is 3.57. The summed E-state index contributed by atoms with van der Waals surface area (Å²) in [6.45, 7) is 0. The lowest BCUT2D eigenvalue weighted by Crippen LogP contribution is -2.09. The maximum absolute atomic E-state index is 13.2. The molecule has 2 aromatic rings. The number of para-hydroxylation sites is 1. The van der Waals surface area contributed by atoms with Crippen molar-refractivity contribution in [2.45, 2.75) is 6.18 Å². The lowest BCUT2D eigenvalue weighted by atomic mass is 10.3. The van der Waals surface area contributed by atoms with Crippen molar-refractivity contribution >= 4 is 0 Å². The van der Waals surface area contributed by atoms with Crippen molar-refractivity contribution in [3.8, 4) is 11.6 Å². The van der Waals surface area contributed by atoms with E-state index in [1.807, 2.05) is 0 Å². The van der Waals surface area contributed by atoms with Gasteiger partial charge in [-0.15, -0.1) is 10.2 Å². The SMILES string of the molecule is Fc1cccc(F)c1Oc1ccc(C(F)(F)F)nn1. The molecular weight excluding hydrogens is 271 g/mol. The summed E-state index contributed by atoms with van der Waals surface area (Å²) in [4.78, 5) is 0. The second-order valence-corrected chi connectivity index (χ2v) is 3.41. The van der Waals surface area contributed by atoms with E-state index in [2.05, 4.69) is 10.2 Å². The highest BCUT2D eigenvalue weighted by atomic mass is 19.4. The molecule has 8 heteroatoms. The largest absolute Gasteiger partial charge is 0.435 e. The van der Waals surface area contributed by atoms with E-state index in [9.17, 15) is 22.0 Å². The maximum atomic E-state index is 13.2. The van der Waals surface area contributed by atoms with Crippen LogP contribution in [0, 0.1) is 11.6 Å². The van der Waals surface area contributed by atoms with Gasteiger partial charge in [0.05, 0.1) is 0 Å². The monoisotopic (exact) mass is 276 g/mol. The first-order chi connectivity index (χ1) is 8.88. The number of nitrogens with zero attached hydrogens (tertiary/aromatic N) is 2. The average Bonchev–Trinajstić information content (AvgIpc) is 2.33. The topological polar surface area (TPSA) is 35.0 Å². The second-order valence-electron chi connectivity index (χ2n) is 3.41. The van der Waals surface area contributed by atoms with E-state index in [-0.39, 0.29) is 0 Å². The van der Waals surface area contributed by atoms with E-state index < -0.39 is 35.1 Å². The summed E-state index contributed by atoms with van der Waals surface area (Å²) in [6, 6.07) is 4.42. The third-order valence-corrected chi connectivity index (χ3v) is 2.06. The summed E-state index contributed by atoms with van der Waals surface area (Å²) in [7, 11) is 0. The van der Waals surface area contributed by atoms with Crippen molar-refractivity contribution in [2.75, 3.05) is 0 Å². The standard InChI is InChI=1S/C11H5F5N2O/c12-6-2-1-3-7(13)10(6)19-9-5-4-8(17-18-9)11(14,15)16/h1-5H. The van der Waals surface area contributed by atoms with Gasteiger partial charge >= 0.3 is 6.18 Å². The molecule has 19 heavy (non-hydrogen) atoms. The molecule has 0 N–H and O–H groups in total. The molecule has 0 fully saturated rings. The van der Waals surface area contributed by atoms with Crippen LogP contribution in [-0.2, 0) is 6.18 Å². The molecular formula is C11H5F5N2O. The number of hydrogen-bond donors (Lipinski definition) is 0. The van der Waals surface area contributed by atoms with Crippen molar-refractivity contribution in [1.82, 2.24) is 10.2 Å². The lowest BCUT2D eigenvalue weighted by Gasteiger charge is -2.07. The number of ether oxygens (including phenoxy) is 1. The molecule has 0 aliphatic carbocycles. The Hall–Kier alpha value is -2.25. The fourth-order valence-corrected chi connectivity index (χ4v) is 1.21. The molecule has 0 saturated heterocycles. The molecule has 0 saturated carbocycles. The molecule has 2 rings (SSSR count). The minimum Gasteiger partial charge on any atom is -0.431 e. The summed E-state index contributed by atoms with van der Waals surface area (Å²) in [6.07, 6.45) is -4.64. The minimum atomic E-state index is -4.64. The highest BCUT2D eigenvalue weighted by Gasteiger charge is 2.33. The van der Waals surface area contributed by atoms with Crippen LogP contribution in [-0.4, -0.2) is 10.2 Å². The Kier molecular flexibility index (Phi) is 3.32. The van der Waals surface area contributed by atoms with Gasteiger partial charge in [-0.2, -0.15) is 13.2 Å². The van der Waals surface area contributed by atoms with Crippen LogP contribution in [0.15, 0.2) is 30.3 Å². The Labute approximate surface area is 103 Å². The van der Waals surface area contributed by atoms with Gasteiger partial charge in [0.25, 0.3) is 0 Å². The third kappa shape index (κ3) is 2.95. The van der Waals surface area contributed by atoms with Crippen molar-refractivity contribution in [1.29, 1.82) is 0 Å². The second kappa shape index (κ2) is 4.79. The van der Waals surface area contributed by atoms with E-state index in [0.717, 1.165) is 24.3 Å². The first kappa shape index (κ1) is 13.2. The maximum Gasteiger partial charge on any atom is 0.435 e. The first-order valence-electron chi connectivity index (χ1n) is 4.91. The number of halogens is 5. The molecule has 0 atom stereocenters. The molecule has 0 amide bonds. The van der Waals surface area contributed by atoms with Crippen LogP contribution in [0.1, 0.15) is 5.69 Å². The van der Waals surface area contributed by atoms with Gasteiger partial charge in [-0.3, -0.25) is 0 Å². The van der Waals surface area contributed by atoms with Crippen LogP contribution in [0.25, 0.3) is 0 Å². The van der Waals surface area contributed by atoms with Gasteiger partial charge in [0.15, 0.2) is 17.3 Å². The zero-order valence-corrected chi connectivity index (χ0v) is 9.08. The minimum absolute atomic E-state index is 0.447. The molecule has 0 aliphatic rings. The summed E-state index contributed by atoms with van der Waals surface area (Å²) < 4.78 is 67.8. The molecule has 1 heterocycles. The Morgan fingerprint density at radius 3 is 2.00 bits per heavy atom.